The Hall–Kier alpha value is -2.29. The Morgan fingerprint density at radius 1 is 1.17 bits per heavy atom. The molecule has 122 valence electrons. The Balaban J connectivity index is 1.90. The van der Waals surface area contributed by atoms with Crippen molar-refractivity contribution >= 4 is 23.7 Å². The van der Waals surface area contributed by atoms with E-state index in [0.717, 1.165) is 23.1 Å². The van der Waals surface area contributed by atoms with E-state index in [1.54, 1.807) is 12.1 Å². The van der Waals surface area contributed by atoms with Gasteiger partial charge in [-0.05, 0) is 58.5 Å². The van der Waals surface area contributed by atoms with Crippen molar-refractivity contribution in [3.05, 3.63) is 59.9 Å². The highest BCUT2D eigenvalue weighted by molar-refractivity contribution is 7.99. The first-order chi connectivity index (χ1) is 11.5. The van der Waals surface area contributed by atoms with E-state index in [0.29, 0.717) is 5.56 Å². The van der Waals surface area contributed by atoms with Gasteiger partial charge in [0.15, 0.2) is 12.2 Å². The van der Waals surface area contributed by atoms with Crippen molar-refractivity contribution in [3.63, 3.8) is 0 Å². The van der Waals surface area contributed by atoms with Gasteiger partial charge in [0.2, 0.25) is 0 Å². The number of ether oxygens (including phenoxy) is 1. The lowest BCUT2D eigenvalue weighted by Crippen LogP contribution is -2.22. The van der Waals surface area contributed by atoms with Gasteiger partial charge >= 0.3 is 5.97 Å². The molecule has 2 aromatic carbocycles. The van der Waals surface area contributed by atoms with E-state index in [9.17, 15) is 9.59 Å². The molecule has 0 spiro atoms. The maximum atomic E-state index is 11.7. The van der Waals surface area contributed by atoms with E-state index in [2.05, 4.69) is 36.8 Å². The summed E-state index contributed by atoms with van der Waals surface area (Å²) in [5.74, 6) is 2.02. The molecule has 3 nitrogen and oxygen atoms in total. The molecule has 0 aliphatic carbocycles. The standard InChI is InChI=1S/C20H18O3S/c1-20(2)9-12-24-18-8-7-16(13-17(18)20)14-3-5-15(6-4-14)19(22)23-11-10-21/h3-8,11,13H,9,12H2,1-2H3. The summed E-state index contributed by atoms with van der Waals surface area (Å²) in [6.07, 6.45) is 1.89. The fourth-order valence-corrected chi connectivity index (χ4v) is 4.35. The molecular formula is C20H18O3S. The number of hydrogen-bond acceptors (Lipinski definition) is 4. The van der Waals surface area contributed by atoms with Gasteiger partial charge in [0.05, 0.1) is 5.56 Å². The highest BCUT2D eigenvalue weighted by Crippen LogP contribution is 2.42. The maximum Gasteiger partial charge on any atom is 0.343 e. The van der Waals surface area contributed by atoms with Crippen molar-refractivity contribution in [2.24, 2.45) is 0 Å². The second kappa shape index (κ2) is 6.68. The van der Waals surface area contributed by atoms with Crippen LogP contribution in [0.15, 0.2) is 53.6 Å². The average Bonchev–Trinajstić information content (AvgIpc) is 2.59. The molecule has 0 radical (unpaired) electrons. The van der Waals surface area contributed by atoms with Crippen LogP contribution >= 0.6 is 11.8 Å². The van der Waals surface area contributed by atoms with Crippen LogP contribution in [0.5, 0.6) is 0 Å². The molecule has 0 saturated carbocycles. The molecule has 0 N–H and O–H groups in total. The smallest absolute Gasteiger partial charge is 0.343 e. The van der Waals surface area contributed by atoms with Crippen molar-refractivity contribution in [2.45, 2.75) is 30.6 Å². The van der Waals surface area contributed by atoms with E-state index >= 15 is 0 Å². The highest BCUT2D eigenvalue weighted by Gasteiger charge is 2.27. The van der Waals surface area contributed by atoms with E-state index in [1.165, 1.54) is 22.8 Å². The lowest BCUT2D eigenvalue weighted by Gasteiger charge is -2.32. The summed E-state index contributed by atoms with van der Waals surface area (Å²) in [4.78, 5) is 23.1. The van der Waals surface area contributed by atoms with E-state index < -0.39 is 5.97 Å². The number of benzene rings is 2. The number of carbonyl (C=O) groups excluding carboxylic acids is 2. The SMILES string of the molecule is CC1(C)CCSc2ccc(-c3ccc(C(=O)OC=C=O)cc3)cc21. The minimum absolute atomic E-state index is 0.182. The Morgan fingerprint density at radius 3 is 2.58 bits per heavy atom. The van der Waals surface area contributed by atoms with E-state index in [-0.39, 0.29) is 5.41 Å². The molecule has 0 saturated heterocycles. The topological polar surface area (TPSA) is 43.4 Å². The van der Waals surface area contributed by atoms with Crippen LogP contribution in [0.1, 0.15) is 36.2 Å². The molecule has 0 atom stereocenters. The molecule has 3 rings (SSSR count). The lowest BCUT2D eigenvalue weighted by molar-refractivity contribution is 0.0665. The fourth-order valence-electron chi connectivity index (χ4n) is 2.86. The second-order valence-electron chi connectivity index (χ2n) is 6.41. The zero-order valence-corrected chi connectivity index (χ0v) is 14.5. The third-order valence-electron chi connectivity index (χ3n) is 4.36. The summed E-state index contributed by atoms with van der Waals surface area (Å²) in [5.41, 5.74) is 4.15. The van der Waals surface area contributed by atoms with Crippen LogP contribution in [-0.2, 0) is 14.9 Å². The Bertz CT molecular complexity index is 815. The van der Waals surface area contributed by atoms with Crippen LogP contribution in [0.25, 0.3) is 11.1 Å². The average molecular weight is 338 g/mol. The van der Waals surface area contributed by atoms with Gasteiger partial charge in [0, 0.05) is 4.90 Å². The number of thioether (sulfide) groups is 1. The van der Waals surface area contributed by atoms with Crippen LogP contribution in [0.2, 0.25) is 0 Å². The first kappa shape index (κ1) is 16.6. The highest BCUT2D eigenvalue weighted by atomic mass is 32.2. The molecule has 0 unspecified atom stereocenters. The summed E-state index contributed by atoms with van der Waals surface area (Å²) in [6.45, 7) is 4.57. The van der Waals surface area contributed by atoms with Crippen LogP contribution in [0, 0.1) is 0 Å². The molecular weight excluding hydrogens is 320 g/mol. The van der Waals surface area contributed by atoms with Crippen LogP contribution in [0.4, 0.5) is 0 Å². The van der Waals surface area contributed by atoms with Crippen molar-refractivity contribution < 1.29 is 14.3 Å². The van der Waals surface area contributed by atoms with Crippen LogP contribution in [0.3, 0.4) is 0 Å². The first-order valence-corrected chi connectivity index (χ1v) is 8.78. The van der Waals surface area contributed by atoms with Crippen molar-refractivity contribution in [2.75, 3.05) is 5.75 Å². The van der Waals surface area contributed by atoms with Crippen LogP contribution in [-0.4, -0.2) is 17.7 Å². The quantitative estimate of drug-likeness (QED) is 0.465. The van der Waals surface area contributed by atoms with Gasteiger partial charge in [-0.1, -0.05) is 32.0 Å². The van der Waals surface area contributed by atoms with Gasteiger partial charge in [0.25, 0.3) is 0 Å². The van der Waals surface area contributed by atoms with Crippen molar-refractivity contribution in [1.82, 2.24) is 0 Å². The maximum absolute atomic E-state index is 11.7. The zero-order valence-electron chi connectivity index (χ0n) is 13.7. The largest absolute Gasteiger partial charge is 0.419 e. The molecule has 0 aromatic heterocycles. The predicted octanol–water partition coefficient (Wildman–Crippen LogP) is 4.63. The molecule has 2 aromatic rings. The summed E-state index contributed by atoms with van der Waals surface area (Å²) in [5, 5.41) is 0. The van der Waals surface area contributed by atoms with Crippen LogP contribution < -0.4 is 0 Å². The molecule has 0 fully saturated rings. The number of carbonyl (C=O) groups is 1. The van der Waals surface area contributed by atoms with E-state index in [4.69, 9.17) is 0 Å². The Morgan fingerprint density at radius 2 is 1.88 bits per heavy atom. The van der Waals surface area contributed by atoms with Gasteiger partial charge in [-0.25, -0.2) is 9.59 Å². The normalized spacial score (nSPS) is 15.1. The molecule has 1 aliphatic rings. The van der Waals surface area contributed by atoms with Gasteiger partial charge < -0.3 is 4.74 Å². The number of fused-ring (bicyclic) bond motifs is 1. The fraction of sp³-hybridized carbons (Fsp3) is 0.250. The van der Waals surface area contributed by atoms with Crippen molar-refractivity contribution in [1.29, 1.82) is 0 Å². The third kappa shape index (κ3) is 3.30. The predicted molar refractivity (Wildman–Crippen MR) is 95.9 cm³/mol. The molecule has 0 bridgehead atoms. The second-order valence-corrected chi connectivity index (χ2v) is 7.55. The summed E-state index contributed by atoms with van der Waals surface area (Å²) >= 11 is 1.91. The van der Waals surface area contributed by atoms with E-state index in [1.807, 2.05) is 23.9 Å². The lowest BCUT2D eigenvalue weighted by atomic mass is 9.80. The number of hydrogen-bond donors (Lipinski definition) is 0. The zero-order chi connectivity index (χ0) is 17.2. The third-order valence-corrected chi connectivity index (χ3v) is 5.44. The van der Waals surface area contributed by atoms with Gasteiger partial charge in [-0.15, -0.1) is 11.8 Å². The van der Waals surface area contributed by atoms with Gasteiger partial charge in [0.1, 0.15) is 0 Å². The Kier molecular flexibility index (Phi) is 4.61. The van der Waals surface area contributed by atoms with Gasteiger partial charge in [-0.3, -0.25) is 0 Å². The summed E-state index contributed by atoms with van der Waals surface area (Å²) in [7, 11) is 0. The summed E-state index contributed by atoms with van der Waals surface area (Å²) < 4.78 is 4.63. The van der Waals surface area contributed by atoms with Crippen molar-refractivity contribution in [3.8, 4) is 11.1 Å². The summed E-state index contributed by atoms with van der Waals surface area (Å²) in [6, 6.07) is 13.8. The first-order valence-electron chi connectivity index (χ1n) is 7.79. The number of esters is 1. The molecule has 4 heteroatoms. The minimum Gasteiger partial charge on any atom is -0.419 e. The minimum atomic E-state index is -0.562. The molecule has 24 heavy (non-hydrogen) atoms. The molecule has 0 amide bonds. The Labute approximate surface area is 145 Å². The number of rotatable bonds is 3. The van der Waals surface area contributed by atoms with Gasteiger partial charge in [-0.2, -0.15) is 0 Å². The molecule has 1 heterocycles. The molecule has 1 aliphatic heterocycles. The monoisotopic (exact) mass is 338 g/mol.